The first kappa shape index (κ1) is 10.8. The van der Waals surface area contributed by atoms with Crippen LogP contribution in [0, 0.1) is 0 Å². The second-order valence-electron chi connectivity index (χ2n) is 5.00. The zero-order valence-corrected chi connectivity index (χ0v) is 10.5. The zero-order valence-electron chi connectivity index (χ0n) is 10.5. The Kier molecular flexibility index (Phi) is 2.63. The molecular formula is C14H19N3. The molecule has 0 aromatic carbocycles. The largest absolute Gasteiger partial charge is 0.313 e. The Bertz CT molecular complexity index is 478. The Balaban J connectivity index is 1.83. The molecular weight excluding hydrogens is 210 g/mol. The molecule has 0 aliphatic heterocycles. The number of nitrogens with one attached hydrogen (secondary N) is 1. The third-order valence-corrected chi connectivity index (χ3v) is 3.68. The van der Waals surface area contributed by atoms with E-state index in [-0.39, 0.29) is 0 Å². The summed E-state index contributed by atoms with van der Waals surface area (Å²) >= 11 is 0. The van der Waals surface area contributed by atoms with Crippen LogP contribution in [0.2, 0.25) is 0 Å². The van der Waals surface area contributed by atoms with Gasteiger partial charge in [-0.2, -0.15) is 5.10 Å². The second-order valence-corrected chi connectivity index (χ2v) is 5.00. The number of aryl methyl sites for hydroxylation is 1. The van der Waals surface area contributed by atoms with Gasteiger partial charge in [-0.15, -0.1) is 0 Å². The van der Waals surface area contributed by atoms with Gasteiger partial charge in [-0.25, -0.2) is 0 Å². The van der Waals surface area contributed by atoms with Gasteiger partial charge in [0.1, 0.15) is 0 Å². The van der Waals surface area contributed by atoms with Crippen LogP contribution in [0.1, 0.15) is 36.6 Å². The highest BCUT2D eigenvalue weighted by Crippen LogP contribution is 2.40. The smallest absolute Gasteiger partial charge is 0.0922 e. The fraction of sp³-hybridized carbons (Fsp3) is 0.500. The lowest BCUT2D eigenvalue weighted by atomic mass is 10.0. The summed E-state index contributed by atoms with van der Waals surface area (Å²) in [6.45, 7) is 0. The summed E-state index contributed by atoms with van der Waals surface area (Å²) in [6.07, 6.45) is 10.4. The van der Waals surface area contributed by atoms with E-state index in [9.17, 15) is 0 Å². The fourth-order valence-electron chi connectivity index (χ4n) is 2.41. The molecule has 1 saturated carbocycles. The number of likely N-dealkylation sites (N-methyl/N-ethyl adjacent to an activating group) is 1. The first-order chi connectivity index (χ1) is 8.28. The van der Waals surface area contributed by atoms with Crippen LogP contribution in [0.15, 0.2) is 24.3 Å². The maximum absolute atomic E-state index is 4.62. The van der Waals surface area contributed by atoms with Crippen LogP contribution >= 0.6 is 0 Å². The lowest BCUT2D eigenvalue weighted by molar-refractivity contribution is 0.672. The van der Waals surface area contributed by atoms with E-state index in [1.54, 1.807) is 0 Å². The van der Waals surface area contributed by atoms with Gasteiger partial charge in [0.2, 0.25) is 0 Å². The summed E-state index contributed by atoms with van der Waals surface area (Å²) in [7, 11) is 4.06. The monoisotopic (exact) mass is 229 g/mol. The molecule has 1 aromatic rings. The van der Waals surface area contributed by atoms with Crippen molar-refractivity contribution in [1.29, 1.82) is 0 Å². The summed E-state index contributed by atoms with van der Waals surface area (Å²) in [4.78, 5) is 0. The minimum Gasteiger partial charge on any atom is -0.313 e. The predicted molar refractivity (Wildman–Crippen MR) is 69.8 cm³/mol. The number of allylic oxidation sites excluding steroid dienone is 2. The molecule has 3 heteroatoms. The van der Waals surface area contributed by atoms with Gasteiger partial charge in [0, 0.05) is 24.7 Å². The molecule has 2 aliphatic carbocycles. The fourth-order valence-corrected chi connectivity index (χ4v) is 2.41. The number of hydrogen-bond donors (Lipinski definition) is 1. The third kappa shape index (κ3) is 2.07. The molecule has 1 fully saturated rings. The Morgan fingerprint density at radius 2 is 2.24 bits per heavy atom. The average Bonchev–Trinajstić information content (AvgIpc) is 3.13. The van der Waals surface area contributed by atoms with Gasteiger partial charge in [-0.05, 0) is 37.9 Å². The summed E-state index contributed by atoms with van der Waals surface area (Å²) in [5.74, 6) is 0.763. The Morgan fingerprint density at radius 3 is 2.82 bits per heavy atom. The van der Waals surface area contributed by atoms with E-state index in [4.69, 9.17) is 0 Å². The lowest BCUT2D eigenvalue weighted by Crippen LogP contribution is -2.23. The number of hydrogen-bond acceptors (Lipinski definition) is 2. The predicted octanol–water partition coefficient (Wildman–Crippen LogP) is 2.23. The maximum Gasteiger partial charge on any atom is 0.0922 e. The quantitative estimate of drug-likeness (QED) is 0.861. The molecule has 0 amide bonds. The molecule has 1 heterocycles. The van der Waals surface area contributed by atoms with Gasteiger partial charge >= 0.3 is 0 Å². The van der Waals surface area contributed by atoms with E-state index >= 15 is 0 Å². The molecule has 0 saturated heterocycles. The van der Waals surface area contributed by atoms with Gasteiger partial charge in [-0.3, -0.25) is 4.68 Å². The van der Waals surface area contributed by atoms with Crippen molar-refractivity contribution >= 4 is 5.57 Å². The second kappa shape index (κ2) is 4.15. The number of rotatable bonds is 3. The molecule has 3 nitrogen and oxygen atoms in total. The Hall–Kier alpha value is -1.35. The summed E-state index contributed by atoms with van der Waals surface area (Å²) < 4.78 is 2.05. The highest BCUT2D eigenvalue weighted by molar-refractivity contribution is 5.73. The molecule has 3 rings (SSSR count). The van der Waals surface area contributed by atoms with Crippen LogP contribution in [-0.2, 0) is 7.05 Å². The van der Waals surface area contributed by atoms with E-state index < -0.39 is 0 Å². The van der Waals surface area contributed by atoms with E-state index in [1.165, 1.54) is 24.1 Å². The van der Waals surface area contributed by atoms with Gasteiger partial charge < -0.3 is 5.32 Å². The van der Waals surface area contributed by atoms with Gasteiger partial charge in [0.15, 0.2) is 0 Å². The van der Waals surface area contributed by atoms with Gasteiger partial charge in [-0.1, -0.05) is 18.2 Å². The van der Waals surface area contributed by atoms with Gasteiger partial charge in [0.05, 0.1) is 5.69 Å². The van der Waals surface area contributed by atoms with Crippen molar-refractivity contribution in [3.8, 4) is 0 Å². The molecule has 1 atom stereocenters. The van der Waals surface area contributed by atoms with E-state index in [1.807, 2.05) is 11.7 Å². The van der Waals surface area contributed by atoms with Crippen molar-refractivity contribution < 1.29 is 0 Å². The number of aromatic nitrogens is 2. The van der Waals surface area contributed by atoms with Crippen molar-refractivity contribution in [1.82, 2.24) is 15.1 Å². The molecule has 1 unspecified atom stereocenters. The maximum atomic E-state index is 4.62. The van der Waals surface area contributed by atoms with Crippen LogP contribution in [0.4, 0.5) is 0 Å². The van der Waals surface area contributed by atoms with Crippen molar-refractivity contribution in [3.63, 3.8) is 0 Å². The Morgan fingerprint density at radius 1 is 1.41 bits per heavy atom. The normalized spacial score (nSPS) is 23.9. The van der Waals surface area contributed by atoms with Crippen LogP contribution < -0.4 is 5.32 Å². The molecule has 0 radical (unpaired) electrons. The molecule has 90 valence electrons. The molecule has 0 bridgehead atoms. The van der Waals surface area contributed by atoms with E-state index in [0.29, 0.717) is 6.04 Å². The van der Waals surface area contributed by atoms with Crippen molar-refractivity contribution in [2.45, 2.75) is 31.2 Å². The minimum atomic E-state index is 0.477. The topological polar surface area (TPSA) is 29.9 Å². The van der Waals surface area contributed by atoms with Crippen molar-refractivity contribution in [3.05, 3.63) is 35.7 Å². The standard InChI is InChI=1S/C14H19N3/c1-15-12-7-5-10(6-8-12)13-9-14(11-3-4-11)17(2)16-13/h5-7,9,11-12,15H,3-4,8H2,1-2H3. The van der Waals surface area contributed by atoms with Crippen molar-refractivity contribution in [2.75, 3.05) is 7.05 Å². The molecule has 17 heavy (non-hydrogen) atoms. The Labute approximate surface area is 102 Å². The van der Waals surface area contributed by atoms with Crippen LogP contribution in [0.3, 0.4) is 0 Å². The third-order valence-electron chi connectivity index (χ3n) is 3.68. The highest BCUT2D eigenvalue weighted by Gasteiger charge is 2.27. The van der Waals surface area contributed by atoms with Crippen LogP contribution in [0.5, 0.6) is 0 Å². The highest BCUT2D eigenvalue weighted by atomic mass is 15.3. The minimum absolute atomic E-state index is 0.477. The molecule has 1 aromatic heterocycles. The SMILES string of the molecule is CNC1C=CC(c2cc(C3CC3)n(C)n2)=CC1. The molecule has 2 aliphatic rings. The number of nitrogens with zero attached hydrogens (tertiary/aromatic N) is 2. The average molecular weight is 229 g/mol. The van der Waals surface area contributed by atoms with Crippen LogP contribution in [0.25, 0.3) is 5.57 Å². The summed E-state index contributed by atoms with van der Waals surface area (Å²) in [6, 6.07) is 2.73. The molecule has 1 N–H and O–H groups in total. The summed E-state index contributed by atoms with van der Waals surface area (Å²) in [5.41, 5.74) is 3.78. The van der Waals surface area contributed by atoms with Gasteiger partial charge in [0.25, 0.3) is 0 Å². The zero-order chi connectivity index (χ0) is 11.8. The van der Waals surface area contributed by atoms with Crippen LogP contribution in [-0.4, -0.2) is 22.9 Å². The molecule has 0 spiro atoms. The first-order valence-corrected chi connectivity index (χ1v) is 6.38. The van der Waals surface area contributed by atoms with Crippen molar-refractivity contribution in [2.24, 2.45) is 7.05 Å². The summed E-state index contributed by atoms with van der Waals surface area (Å²) in [5, 5.41) is 7.89. The first-order valence-electron chi connectivity index (χ1n) is 6.38. The van der Waals surface area contributed by atoms with E-state index in [0.717, 1.165) is 18.0 Å². The van der Waals surface area contributed by atoms with E-state index in [2.05, 4.69) is 41.8 Å². The lowest BCUT2D eigenvalue weighted by Gasteiger charge is -2.13.